The molecule has 0 bridgehead atoms. The van der Waals surface area contributed by atoms with Crippen molar-refractivity contribution in [3.05, 3.63) is 76.1 Å². The van der Waals surface area contributed by atoms with Crippen LogP contribution in [0.15, 0.2) is 48.7 Å². The summed E-state index contributed by atoms with van der Waals surface area (Å²) in [6, 6.07) is 12.9. The molecule has 1 amide bonds. The fraction of sp³-hybridized carbons (Fsp3) is 0.150. The molecule has 0 saturated heterocycles. The average molecular weight is 367 g/mol. The largest absolute Gasteiger partial charge is 0.324 e. The minimum Gasteiger partial charge on any atom is -0.324 e. The van der Waals surface area contributed by atoms with E-state index >= 15 is 0 Å². The van der Waals surface area contributed by atoms with E-state index in [9.17, 15) is 4.79 Å². The molecule has 0 atom stereocenters. The van der Waals surface area contributed by atoms with Crippen molar-refractivity contribution in [2.24, 2.45) is 0 Å². The number of amides is 1. The fourth-order valence-electron chi connectivity index (χ4n) is 2.48. The third-order valence-electron chi connectivity index (χ3n) is 4.26. The SMILES string of the molecule is Cc1cccc(NC(=O)c2ccnc(Nc3cccc(Cl)c3C)n2)c1C. The topological polar surface area (TPSA) is 66.9 Å². The van der Waals surface area contributed by atoms with Gasteiger partial charge in [-0.25, -0.2) is 9.97 Å². The van der Waals surface area contributed by atoms with Gasteiger partial charge in [-0.1, -0.05) is 29.8 Å². The third-order valence-corrected chi connectivity index (χ3v) is 4.66. The summed E-state index contributed by atoms with van der Waals surface area (Å²) in [6.07, 6.45) is 1.55. The number of benzene rings is 2. The predicted molar refractivity (Wildman–Crippen MR) is 105 cm³/mol. The first-order chi connectivity index (χ1) is 12.5. The molecule has 3 rings (SSSR count). The fourth-order valence-corrected chi connectivity index (χ4v) is 2.66. The zero-order valence-corrected chi connectivity index (χ0v) is 15.6. The van der Waals surface area contributed by atoms with Crippen molar-refractivity contribution in [2.45, 2.75) is 20.8 Å². The van der Waals surface area contributed by atoms with Gasteiger partial charge in [0.05, 0.1) is 0 Å². The maximum Gasteiger partial charge on any atom is 0.274 e. The smallest absolute Gasteiger partial charge is 0.274 e. The third kappa shape index (κ3) is 3.83. The molecule has 3 aromatic rings. The van der Waals surface area contributed by atoms with Crippen LogP contribution >= 0.6 is 11.6 Å². The Morgan fingerprint density at radius 1 is 0.962 bits per heavy atom. The lowest BCUT2D eigenvalue weighted by atomic mass is 10.1. The summed E-state index contributed by atoms with van der Waals surface area (Å²) in [6.45, 7) is 5.88. The summed E-state index contributed by atoms with van der Waals surface area (Å²) in [5.41, 5.74) is 4.89. The van der Waals surface area contributed by atoms with E-state index in [1.54, 1.807) is 12.3 Å². The van der Waals surface area contributed by atoms with Gasteiger partial charge < -0.3 is 10.6 Å². The molecule has 132 valence electrons. The van der Waals surface area contributed by atoms with Crippen LogP contribution in [-0.2, 0) is 0 Å². The van der Waals surface area contributed by atoms with Crippen molar-refractivity contribution in [3.8, 4) is 0 Å². The Morgan fingerprint density at radius 2 is 1.69 bits per heavy atom. The monoisotopic (exact) mass is 366 g/mol. The quantitative estimate of drug-likeness (QED) is 0.678. The molecule has 0 saturated carbocycles. The number of anilines is 3. The number of carbonyl (C=O) groups excluding carboxylic acids is 1. The van der Waals surface area contributed by atoms with Crippen LogP contribution in [0.2, 0.25) is 5.02 Å². The van der Waals surface area contributed by atoms with Crippen LogP contribution in [0.25, 0.3) is 0 Å². The number of rotatable bonds is 4. The van der Waals surface area contributed by atoms with E-state index in [1.165, 1.54) is 0 Å². The molecule has 0 unspecified atom stereocenters. The number of nitrogens with one attached hydrogen (secondary N) is 2. The van der Waals surface area contributed by atoms with Crippen LogP contribution in [0.1, 0.15) is 27.2 Å². The molecule has 2 aromatic carbocycles. The number of nitrogens with zero attached hydrogens (tertiary/aromatic N) is 2. The zero-order valence-electron chi connectivity index (χ0n) is 14.8. The first-order valence-corrected chi connectivity index (χ1v) is 8.56. The minimum absolute atomic E-state index is 0.281. The molecule has 0 fully saturated rings. The van der Waals surface area contributed by atoms with Gasteiger partial charge in [-0.2, -0.15) is 0 Å². The minimum atomic E-state index is -0.285. The lowest BCUT2D eigenvalue weighted by Gasteiger charge is -2.11. The van der Waals surface area contributed by atoms with Gasteiger partial charge in [0.2, 0.25) is 5.95 Å². The van der Waals surface area contributed by atoms with E-state index in [4.69, 9.17) is 11.6 Å². The lowest BCUT2D eigenvalue weighted by molar-refractivity contribution is 0.102. The Morgan fingerprint density at radius 3 is 2.50 bits per heavy atom. The second-order valence-electron chi connectivity index (χ2n) is 6.00. The first-order valence-electron chi connectivity index (χ1n) is 8.18. The average Bonchev–Trinajstić information content (AvgIpc) is 2.63. The Kier molecular flexibility index (Phi) is 5.19. The van der Waals surface area contributed by atoms with E-state index in [1.807, 2.05) is 57.2 Å². The summed E-state index contributed by atoms with van der Waals surface area (Å²) >= 11 is 6.13. The molecule has 1 aromatic heterocycles. The molecular weight excluding hydrogens is 348 g/mol. The summed E-state index contributed by atoms with van der Waals surface area (Å²) < 4.78 is 0. The van der Waals surface area contributed by atoms with E-state index in [-0.39, 0.29) is 11.6 Å². The van der Waals surface area contributed by atoms with Crippen LogP contribution in [0, 0.1) is 20.8 Å². The van der Waals surface area contributed by atoms with E-state index in [0.29, 0.717) is 11.0 Å². The van der Waals surface area contributed by atoms with Crippen LogP contribution < -0.4 is 10.6 Å². The van der Waals surface area contributed by atoms with Gasteiger partial charge in [0.1, 0.15) is 5.69 Å². The molecule has 26 heavy (non-hydrogen) atoms. The Balaban J connectivity index is 1.81. The Hall–Kier alpha value is -2.92. The molecule has 0 aliphatic rings. The van der Waals surface area contributed by atoms with Gasteiger partial charge >= 0.3 is 0 Å². The van der Waals surface area contributed by atoms with E-state index in [0.717, 1.165) is 28.1 Å². The van der Waals surface area contributed by atoms with Gasteiger partial charge in [-0.15, -0.1) is 0 Å². The number of carbonyl (C=O) groups is 1. The number of aromatic nitrogens is 2. The van der Waals surface area contributed by atoms with Crippen molar-refractivity contribution in [1.29, 1.82) is 0 Å². The van der Waals surface area contributed by atoms with Crippen LogP contribution in [0.3, 0.4) is 0 Å². The molecule has 0 spiro atoms. The van der Waals surface area contributed by atoms with E-state index < -0.39 is 0 Å². The molecule has 0 aliphatic heterocycles. The van der Waals surface area contributed by atoms with Gasteiger partial charge in [-0.05, 0) is 61.7 Å². The van der Waals surface area contributed by atoms with Crippen LogP contribution in [0.5, 0.6) is 0 Å². The first kappa shape index (κ1) is 17.9. The molecular formula is C20H19ClN4O. The highest BCUT2D eigenvalue weighted by Crippen LogP contribution is 2.25. The highest BCUT2D eigenvalue weighted by Gasteiger charge is 2.12. The van der Waals surface area contributed by atoms with Crippen molar-refractivity contribution < 1.29 is 4.79 Å². The van der Waals surface area contributed by atoms with Crippen LogP contribution in [0.4, 0.5) is 17.3 Å². The second kappa shape index (κ2) is 7.54. The highest BCUT2D eigenvalue weighted by atomic mass is 35.5. The lowest BCUT2D eigenvalue weighted by Crippen LogP contribution is -2.15. The molecule has 1 heterocycles. The normalized spacial score (nSPS) is 10.5. The number of halogens is 1. The summed E-state index contributed by atoms with van der Waals surface area (Å²) in [5.74, 6) is 0.0518. The Labute approximate surface area is 157 Å². The van der Waals surface area contributed by atoms with Crippen molar-refractivity contribution >= 4 is 34.8 Å². The number of hydrogen-bond donors (Lipinski definition) is 2. The molecule has 0 aliphatic carbocycles. The van der Waals surface area contributed by atoms with Gasteiger partial charge in [0, 0.05) is 22.6 Å². The maximum atomic E-state index is 12.6. The predicted octanol–water partition coefficient (Wildman–Crippen LogP) is 5.05. The maximum absolute atomic E-state index is 12.6. The van der Waals surface area contributed by atoms with Gasteiger partial charge in [0.15, 0.2) is 0 Å². The molecule has 5 nitrogen and oxygen atoms in total. The summed E-state index contributed by atoms with van der Waals surface area (Å²) in [4.78, 5) is 21.0. The summed E-state index contributed by atoms with van der Waals surface area (Å²) in [5, 5.41) is 6.66. The van der Waals surface area contributed by atoms with Crippen molar-refractivity contribution in [2.75, 3.05) is 10.6 Å². The molecule has 6 heteroatoms. The second-order valence-corrected chi connectivity index (χ2v) is 6.41. The van der Waals surface area contributed by atoms with Crippen molar-refractivity contribution in [1.82, 2.24) is 9.97 Å². The van der Waals surface area contributed by atoms with Crippen LogP contribution in [-0.4, -0.2) is 15.9 Å². The van der Waals surface area contributed by atoms with Gasteiger partial charge in [0.25, 0.3) is 5.91 Å². The van der Waals surface area contributed by atoms with Gasteiger partial charge in [-0.3, -0.25) is 4.79 Å². The summed E-state index contributed by atoms with van der Waals surface area (Å²) in [7, 11) is 0. The zero-order chi connectivity index (χ0) is 18.7. The molecule has 2 N–H and O–H groups in total. The molecule has 0 radical (unpaired) electrons. The van der Waals surface area contributed by atoms with E-state index in [2.05, 4.69) is 20.6 Å². The highest BCUT2D eigenvalue weighted by molar-refractivity contribution is 6.31. The number of aryl methyl sites for hydroxylation is 1. The standard InChI is InChI=1S/C20H19ClN4O/c1-12-6-4-8-16(13(12)2)23-19(26)18-10-11-22-20(25-18)24-17-9-5-7-15(21)14(17)3/h4-11H,1-3H3,(H,23,26)(H,22,24,25). The van der Waals surface area contributed by atoms with Crippen molar-refractivity contribution in [3.63, 3.8) is 0 Å². The number of hydrogen-bond acceptors (Lipinski definition) is 4. The Bertz CT molecular complexity index is 972.